The number of ketones is 1. The summed E-state index contributed by atoms with van der Waals surface area (Å²) in [7, 11) is 0. The zero-order chi connectivity index (χ0) is 9.26. The minimum atomic E-state index is 0.423. The number of piperidine rings is 1. The summed E-state index contributed by atoms with van der Waals surface area (Å²) in [4.78, 5) is 13.0. The number of carbonyl (C=O) groups is 1. The van der Waals surface area contributed by atoms with Crippen LogP contribution in [0.2, 0.25) is 0 Å². The van der Waals surface area contributed by atoms with Crippen molar-refractivity contribution in [1.82, 2.24) is 4.90 Å². The molecule has 13 heavy (non-hydrogen) atoms. The second-order valence-electron chi connectivity index (χ2n) is 4.14. The summed E-state index contributed by atoms with van der Waals surface area (Å²) in [5.74, 6) is 1.60. The zero-order valence-corrected chi connectivity index (χ0v) is 7.70. The molecule has 0 N–H and O–H groups in total. The van der Waals surface area contributed by atoms with E-state index < -0.39 is 0 Å². The summed E-state index contributed by atoms with van der Waals surface area (Å²) in [5, 5.41) is 8.74. The van der Waals surface area contributed by atoms with Crippen LogP contribution in [0.25, 0.3) is 0 Å². The molecular formula is C10H14N2O. The molecule has 1 heterocycles. The molecular weight excluding hydrogens is 164 g/mol. The summed E-state index contributed by atoms with van der Waals surface area (Å²) in [5.41, 5.74) is 0. The second kappa shape index (κ2) is 3.37. The van der Waals surface area contributed by atoms with Crippen molar-refractivity contribution in [2.75, 3.05) is 13.1 Å². The quantitative estimate of drug-likeness (QED) is 0.523. The topological polar surface area (TPSA) is 44.1 Å². The van der Waals surface area contributed by atoms with Crippen molar-refractivity contribution in [3.05, 3.63) is 0 Å². The number of nitrogens with zero attached hydrogens (tertiary/aromatic N) is 2. The van der Waals surface area contributed by atoms with Crippen LogP contribution in [0.15, 0.2) is 0 Å². The number of rotatable bonds is 0. The summed E-state index contributed by atoms with van der Waals surface area (Å²) in [6, 6.07) is 0. The average Bonchev–Trinajstić information content (AvgIpc) is 2.17. The molecule has 1 aliphatic heterocycles. The van der Waals surface area contributed by atoms with Gasteiger partial charge in [-0.05, 0) is 24.7 Å². The van der Waals surface area contributed by atoms with Crippen molar-refractivity contribution in [3.8, 4) is 6.19 Å². The van der Waals surface area contributed by atoms with Crippen LogP contribution in [-0.2, 0) is 4.79 Å². The third-order valence-corrected chi connectivity index (χ3v) is 3.32. The van der Waals surface area contributed by atoms with Crippen molar-refractivity contribution in [3.63, 3.8) is 0 Å². The lowest BCUT2D eigenvalue weighted by Crippen LogP contribution is -2.40. The van der Waals surface area contributed by atoms with E-state index in [1.807, 2.05) is 4.90 Å². The third kappa shape index (κ3) is 1.67. The van der Waals surface area contributed by atoms with Gasteiger partial charge in [-0.3, -0.25) is 4.79 Å². The van der Waals surface area contributed by atoms with Crippen LogP contribution in [0.1, 0.15) is 25.7 Å². The smallest absolute Gasteiger partial charge is 0.179 e. The highest BCUT2D eigenvalue weighted by Crippen LogP contribution is 2.34. The number of nitriles is 1. The molecule has 1 aliphatic carbocycles. The highest BCUT2D eigenvalue weighted by molar-refractivity contribution is 5.79. The molecule has 0 unspecified atom stereocenters. The number of hydrogen-bond donors (Lipinski definition) is 0. The van der Waals surface area contributed by atoms with Crippen molar-refractivity contribution >= 4 is 5.78 Å². The molecule has 0 amide bonds. The van der Waals surface area contributed by atoms with Crippen LogP contribution in [0.5, 0.6) is 0 Å². The normalized spacial score (nSPS) is 33.8. The van der Waals surface area contributed by atoms with E-state index in [2.05, 4.69) is 6.19 Å². The van der Waals surface area contributed by atoms with Gasteiger partial charge in [-0.15, -0.1) is 0 Å². The van der Waals surface area contributed by atoms with E-state index in [1.165, 1.54) is 0 Å². The maximum atomic E-state index is 11.2. The molecule has 2 aliphatic rings. The Labute approximate surface area is 78.3 Å². The molecule has 2 rings (SSSR count). The molecule has 2 fully saturated rings. The van der Waals surface area contributed by atoms with Gasteiger partial charge in [0.2, 0.25) is 0 Å². The van der Waals surface area contributed by atoms with E-state index in [9.17, 15) is 4.79 Å². The molecule has 0 aromatic heterocycles. The lowest BCUT2D eigenvalue weighted by Gasteiger charge is -2.38. The van der Waals surface area contributed by atoms with Crippen LogP contribution in [0, 0.1) is 23.3 Å². The van der Waals surface area contributed by atoms with Gasteiger partial charge in [0.15, 0.2) is 6.19 Å². The summed E-state index contributed by atoms with van der Waals surface area (Å²) >= 11 is 0. The van der Waals surface area contributed by atoms with Gasteiger partial charge >= 0.3 is 0 Å². The molecule has 0 radical (unpaired) electrons. The highest BCUT2D eigenvalue weighted by atomic mass is 16.1. The lowest BCUT2D eigenvalue weighted by molar-refractivity contribution is -0.123. The fraction of sp³-hybridized carbons (Fsp3) is 0.800. The van der Waals surface area contributed by atoms with Crippen molar-refractivity contribution < 1.29 is 4.79 Å². The number of hydrogen-bond acceptors (Lipinski definition) is 3. The Kier molecular flexibility index (Phi) is 2.22. The molecule has 3 nitrogen and oxygen atoms in total. The van der Waals surface area contributed by atoms with E-state index in [0.29, 0.717) is 17.6 Å². The number of fused-ring (bicyclic) bond motifs is 1. The number of Topliss-reactive ketones (excluding diaryl/α,β-unsaturated/α-hetero) is 1. The van der Waals surface area contributed by atoms with Crippen molar-refractivity contribution in [1.29, 1.82) is 5.26 Å². The Hall–Kier alpha value is -1.04. The van der Waals surface area contributed by atoms with Crippen LogP contribution < -0.4 is 0 Å². The number of carbonyl (C=O) groups excluding carboxylic acids is 1. The molecule has 2 atom stereocenters. The van der Waals surface area contributed by atoms with Crippen LogP contribution in [0.3, 0.4) is 0 Å². The largest absolute Gasteiger partial charge is 0.310 e. The number of likely N-dealkylation sites (tertiary alicyclic amines) is 1. The van der Waals surface area contributed by atoms with E-state index >= 15 is 0 Å². The van der Waals surface area contributed by atoms with E-state index in [-0.39, 0.29) is 0 Å². The SMILES string of the molecule is N#CN1CC[C@@H]2CC(=O)CC[C@@H]2C1. The van der Waals surface area contributed by atoms with Crippen LogP contribution in [-0.4, -0.2) is 23.8 Å². The minimum absolute atomic E-state index is 0.423. The van der Waals surface area contributed by atoms with Gasteiger partial charge in [0.25, 0.3) is 0 Å². The van der Waals surface area contributed by atoms with Gasteiger partial charge in [-0.25, -0.2) is 0 Å². The van der Waals surface area contributed by atoms with Gasteiger partial charge < -0.3 is 4.90 Å². The minimum Gasteiger partial charge on any atom is -0.310 e. The molecule has 1 saturated carbocycles. The highest BCUT2D eigenvalue weighted by Gasteiger charge is 2.33. The maximum absolute atomic E-state index is 11.2. The van der Waals surface area contributed by atoms with Gasteiger partial charge in [0.1, 0.15) is 5.78 Å². The molecule has 0 bridgehead atoms. The fourth-order valence-corrected chi connectivity index (χ4v) is 2.51. The predicted octanol–water partition coefficient (Wildman–Crippen LogP) is 1.16. The average molecular weight is 178 g/mol. The Morgan fingerprint density at radius 1 is 1.38 bits per heavy atom. The molecule has 0 aromatic rings. The van der Waals surface area contributed by atoms with Crippen molar-refractivity contribution in [2.45, 2.75) is 25.7 Å². The molecule has 0 aromatic carbocycles. The first-order valence-electron chi connectivity index (χ1n) is 4.96. The summed E-state index contributed by atoms with van der Waals surface area (Å²) in [6.45, 7) is 1.74. The first kappa shape index (κ1) is 8.55. The fourth-order valence-electron chi connectivity index (χ4n) is 2.51. The summed E-state index contributed by atoms with van der Waals surface area (Å²) in [6.07, 6.45) is 5.73. The lowest BCUT2D eigenvalue weighted by atomic mass is 9.75. The standard InChI is InChI=1S/C10H14N2O/c11-7-12-4-3-8-5-10(13)2-1-9(8)6-12/h8-9H,1-6H2/t8-,9-/m1/s1. The Morgan fingerprint density at radius 2 is 2.23 bits per heavy atom. The van der Waals surface area contributed by atoms with Gasteiger partial charge in [0, 0.05) is 25.9 Å². The van der Waals surface area contributed by atoms with Gasteiger partial charge in [-0.1, -0.05) is 0 Å². The molecule has 0 spiro atoms. The monoisotopic (exact) mass is 178 g/mol. The molecule has 1 saturated heterocycles. The van der Waals surface area contributed by atoms with Gasteiger partial charge in [0.05, 0.1) is 0 Å². The maximum Gasteiger partial charge on any atom is 0.179 e. The molecule has 3 heteroatoms. The molecule has 70 valence electrons. The van der Waals surface area contributed by atoms with Gasteiger partial charge in [-0.2, -0.15) is 5.26 Å². The Balaban J connectivity index is 1.98. The first-order chi connectivity index (χ1) is 6.29. The first-order valence-corrected chi connectivity index (χ1v) is 4.96. The Bertz CT molecular complexity index is 256. The third-order valence-electron chi connectivity index (χ3n) is 3.32. The summed E-state index contributed by atoms with van der Waals surface area (Å²) < 4.78 is 0. The van der Waals surface area contributed by atoms with E-state index in [4.69, 9.17) is 5.26 Å². The second-order valence-corrected chi connectivity index (χ2v) is 4.14. The Morgan fingerprint density at radius 3 is 3.00 bits per heavy atom. The van der Waals surface area contributed by atoms with Crippen LogP contribution >= 0.6 is 0 Å². The zero-order valence-electron chi connectivity index (χ0n) is 7.70. The van der Waals surface area contributed by atoms with Crippen LogP contribution in [0.4, 0.5) is 0 Å². The van der Waals surface area contributed by atoms with Crippen molar-refractivity contribution in [2.24, 2.45) is 11.8 Å². The van der Waals surface area contributed by atoms with E-state index in [1.54, 1.807) is 0 Å². The van der Waals surface area contributed by atoms with E-state index in [0.717, 1.165) is 38.8 Å². The predicted molar refractivity (Wildman–Crippen MR) is 47.6 cm³/mol.